The van der Waals surface area contributed by atoms with Crippen molar-refractivity contribution in [2.45, 2.75) is 0 Å². The Hall–Kier alpha value is -2.56. The Kier molecular flexibility index (Phi) is 3.66. The molecule has 0 fully saturated rings. The van der Waals surface area contributed by atoms with Crippen LogP contribution in [0.1, 0.15) is 11.1 Å². The summed E-state index contributed by atoms with van der Waals surface area (Å²) in [4.78, 5) is 9.98. The second-order valence-electron chi connectivity index (χ2n) is 3.88. The maximum Gasteiger partial charge on any atom is 0.269 e. The zero-order chi connectivity index (χ0) is 13.8. The number of hydrogen-bond donors (Lipinski definition) is 0. The summed E-state index contributed by atoms with van der Waals surface area (Å²) in [5.74, 6) is -1.30. The summed E-state index contributed by atoms with van der Waals surface area (Å²) in [6.45, 7) is 0. The largest absolute Gasteiger partial charge is 0.269 e. The summed E-state index contributed by atoms with van der Waals surface area (Å²) in [5, 5.41) is 10.5. The van der Waals surface area contributed by atoms with Crippen LogP contribution in [0, 0.1) is 21.7 Å². The maximum atomic E-state index is 12.9. The Labute approximate surface area is 108 Å². The van der Waals surface area contributed by atoms with Gasteiger partial charge in [-0.25, -0.2) is 8.78 Å². The molecule has 0 aliphatic carbocycles. The van der Waals surface area contributed by atoms with Crippen LogP contribution in [0.2, 0.25) is 0 Å². The molecule has 0 atom stereocenters. The van der Waals surface area contributed by atoms with Gasteiger partial charge in [0.25, 0.3) is 5.69 Å². The van der Waals surface area contributed by atoms with Crippen LogP contribution >= 0.6 is 0 Å². The van der Waals surface area contributed by atoms with Crippen molar-refractivity contribution in [1.82, 2.24) is 0 Å². The molecule has 2 aromatic rings. The summed E-state index contributed by atoms with van der Waals surface area (Å²) in [5.41, 5.74) is 1.08. The molecule has 0 N–H and O–H groups in total. The molecule has 96 valence electrons. The van der Waals surface area contributed by atoms with Crippen molar-refractivity contribution in [3.63, 3.8) is 0 Å². The van der Waals surface area contributed by atoms with Crippen molar-refractivity contribution in [3.8, 4) is 0 Å². The number of nitro groups is 1. The van der Waals surface area contributed by atoms with Gasteiger partial charge in [0, 0.05) is 18.2 Å². The highest BCUT2D eigenvalue weighted by molar-refractivity contribution is 5.70. The van der Waals surface area contributed by atoms with E-state index in [-0.39, 0.29) is 5.69 Å². The summed E-state index contributed by atoms with van der Waals surface area (Å²) in [6.07, 6.45) is 3.16. The lowest BCUT2D eigenvalue weighted by Crippen LogP contribution is -1.86. The van der Waals surface area contributed by atoms with Crippen LogP contribution in [0.5, 0.6) is 0 Å². The average molecular weight is 261 g/mol. The lowest BCUT2D eigenvalue weighted by Gasteiger charge is -1.96. The number of nitrogens with zero attached hydrogens (tertiary/aromatic N) is 1. The SMILES string of the molecule is O=[N+]([O-])c1ccc(/C=C/c2cc(F)cc(F)c2)cc1. The molecule has 0 radical (unpaired) electrons. The minimum atomic E-state index is -0.650. The Bertz CT molecular complexity index is 616. The lowest BCUT2D eigenvalue weighted by molar-refractivity contribution is -0.384. The Morgan fingerprint density at radius 3 is 1.95 bits per heavy atom. The first-order valence-electron chi connectivity index (χ1n) is 5.43. The molecule has 2 aromatic carbocycles. The topological polar surface area (TPSA) is 43.1 Å². The van der Waals surface area contributed by atoms with Crippen LogP contribution in [0.25, 0.3) is 12.2 Å². The fraction of sp³-hybridized carbons (Fsp3) is 0. The zero-order valence-corrected chi connectivity index (χ0v) is 9.72. The van der Waals surface area contributed by atoms with Gasteiger partial charge in [0.05, 0.1) is 4.92 Å². The van der Waals surface area contributed by atoms with E-state index in [9.17, 15) is 18.9 Å². The molecule has 0 bridgehead atoms. The number of hydrogen-bond acceptors (Lipinski definition) is 2. The number of non-ortho nitro benzene ring substituents is 1. The van der Waals surface area contributed by atoms with Crippen molar-refractivity contribution in [3.05, 3.63) is 75.3 Å². The molecule has 0 saturated heterocycles. The second kappa shape index (κ2) is 5.39. The Morgan fingerprint density at radius 1 is 0.895 bits per heavy atom. The quantitative estimate of drug-likeness (QED) is 0.475. The fourth-order valence-electron chi connectivity index (χ4n) is 1.57. The highest BCUT2D eigenvalue weighted by Crippen LogP contribution is 2.15. The van der Waals surface area contributed by atoms with E-state index in [1.807, 2.05) is 0 Å². The van der Waals surface area contributed by atoms with Gasteiger partial charge in [0.2, 0.25) is 0 Å². The van der Waals surface area contributed by atoms with Crippen molar-refractivity contribution in [2.24, 2.45) is 0 Å². The van der Waals surface area contributed by atoms with Crippen LogP contribution < -0.4 is 0 Å². The molecular formula is C14H9F2NO2. The average Bonchev–Trinajstić information content (AvgIpc) is 2.36. The Morgan fingerprint density at radius 2 is 1.42 bits per heavy atom. The van der Waals surface area contributed by atoms with Gasteiger partial charge < -0.3 is 0 Å². The number of halogens is 2. The molecule has 2 rings (SSSR count). The molecule has 0 spiro atoms. The summed E-state index contributed by atoms with van der Waals surface area (Å²) in [6, 6.07) is 9.05. The summed E-state index contributed by atoms with van der Waals surface area (Å²) < 4.78 is 25.9. The molecule has 3 nitrogen and oxygen atoms in total. The summed E-state index contributed by atoms with van der Waals surface area (Å²) >= 11 is 0. The van der Waals surface area contributed by atoms with Crippen molar-refractivity contribution in [1.29, 1.82) is 0 Å². The van der Waals surface area contributed by atoms with Gasteiger partial charge in [-0.1, -0.05) is 12.2 Å². The summed E-state index contributed by atoms with van der Waals surface area (Å²) in [7, 11) is 0. The van der Waals surface area contributed by atoms with E-state index < -0.39 is 16.6 Å². The number of rotatable bonds is 3. The van der Waals surface area contributed by atoms with Gasteiger partial charge in [0.15, 0.2) is 0 Å². The zero-order valence-electron chi connectivity index (χ0n) is 9.72. The molecule has 0 unspecified atom stereocenters. The van der Waals surface area contributed by atoms with Crippen LogP contribution in [-0.2, 0) is 0 Å². The third kappa shape index (κ3) is 3.45. The fourth-order valence-corrected chi connectivity index (χ4v) is 1.57. The molecule has 0 saturated carbocycles. The van der Waals surface area contributed by atoms with Crippen molar-refractivity contribution in [2.75, 3.05) is 0 Å². The van der Waals surface area contributed by atoms with Crippen LogP contribution in [0.4, 0.5) is 14.5 Å². The van der Waals surface area contributed by atoms with Gasteiger partial charge >= 0.3 is 0 Å². The molecular weight excluding hydrogens is 252 g/mol. The Balaban J connectivity index is 2.20. The van der Waals surface area contributed by atoms with Gasteiger partial charge in [-0.05, 0) is 35.4 Å². The molecule has 0 aliphatic heterocycles. The van der Waals surface area contributed by atoms with E-state index in [0.717, 1.165) is 6.07 Å². The second-order valence-corrected chi connectivity index (χ2v) is 3.88. The van der Waals surface area contributed by atoms with Gasteiger partial charge in [-0.3, -0.25) is 10.1 Å². The molecule has 5 heteroatoms. The molecule has 0 aliphatic rings. The minimum Gasteiger partial charge on any atom is -0.258 e. The maximum absolute atomic E-state index is 12.9. The predicted octanol–water partition coefficient (Wildman–Crippen LogP) is 4.04. The van der Waals surface area contributed by atoms with E-state index in [4.69, 9.17) is 0 Å². The van der Waals surface area contributed by atoms with Crippen molar-refractivity contribution >= 4 is 17.8 Å². The molecule has 0 amide bonds. The van der Waals surface area contributed by atoms with E-state index in [1.54, 1.807) is 18.2 Å². The highest BCUT2D eigenvalue weighted by Gasteiger charge is 2.02. The smallest absolute Gasteiger partial charge is 0.258 e. The van der Waals surface area contributed by atoms with Gasteiger partial charge in [0.1, 0.15) is 11.6 Å². The number of nitro benzene ring substituents is 1. The first-order chi connectivity index (χ1) is 9.04. The third-order valence-electron chi connectivity index (χ3n) is 2.46. The van der Waals surface area contributed by atoms with E-state index in [1.165, 1.54) is 30.3 Å². The monoisotopic (exact) mass is 261 g/mol. The molecule has 19 heavy (non-hydrogen) atoms. The van der Waals surface area contributed by atoms with E-state index in [2.05, 4.69) is 0 Å². The van der Waals surface area contributed by atoms with Crippen LogP contribution in [-0.4, -0.2) is 4.92 Å². The third-order valence-corrected chi connectivity index (χ3v) is 2.46. The van der Waals surface area contributed by atoms with Gasteiger partial charge in [-0.2, -0.15) is 0 Å². The first-order valence-corrected chi connectivity index (χ1v) is 5.43. The lowest BCUT2D eigenvalue weighted by atomic mass is 10.1. The highest BCUT2D eigenvalue weighted by atomic mass is 19.1. The van der Waals surface area contributed by atoms with Crippen LogP contribution in [0.3, 0.4) is 0 Å². The van der Waals surface area contributed by atoms with E-state index >= 15 is 0 Å². The minimum absolute atomic E-state index is 0.00560. The van der Waals surface area contributed by atoms with Gasteiger partial charge in [-0.15, -0.1) is 0 Å². The standard InChI is InChI=1S/C14H9F2NO2/c15-12-7-11(8-13(16)9-12)2-1-10-3-5-14(6-4-10)17(18)19/h1-9H/b2-1+. The molecule has 0 aromatic heterocycles. The molecule has 0 heterocycles. The normalized spacial score (nSPS) is 10.8. The van der Waals surface area contributed by atoms with E-state index in [0.29, 0.717) is 11.1 Å². The van der Waals surface area contributed by atoms with Crippen LogP contribution in [0.15, 0.2) is 42.5 Å². The first kappa shape index (κ1) is 12.9. The number of benzene rings is 2. The van der Waals surface area contributed by atoms with Crippen molar-refractivity contribution < 1.29 is 13.7 Å². The predicted molar refractivity (Wildman–Crippen MR) is 68.4 cm³/mol.